The summed E-state index contributed by atoms with van der Waals surface area (Å²) in [6.45, 7) is 2.07. The third-order valence-corrected chi connectivity index (χ3v) is 6.46. The number of carbonyl (C=O) groups excluding carboxylic acids is 2. The van der Waals surface area contributed by atoms with Crippen molar-refractivity contribution < 1.29 is 18.0 Å². The number of aryl methyl sites for hydroxylation is 1. The normalized spacial score (nSPS) is 14.4. The van der Waals surface area contributed by atoms with Crippen LogP contribution in [0.1, 0.15) is 11.1 Å². The van der Waals surface area contributed by atoms with E-state index in [1.807, 2.05) is 31.2 Å². The van der Waals surface area contributed by atoms with Crippen LogP contribution in [0, 0.1) is 6.92 Å². The smallest absolute Gasteiger partial charge is 0.318 e. The largest absolute Gasteiger partial charge is 0.337 e. The molecule has 0 spiro atoms. The number of rotatable bonds is 4. The summed E-state index contributed by atoms with van der Waals surface area (Å²) >= 11 is 0. The van der Waals surface area contributed by atoms with Crippen molar-refractivity contribution in [1.29, 1.82) is 0 Å². The number of hydrogen-bond acceptors (Lipinski definition) is 4. The Morgan fingerprint density at radius 1 is 1.07 bits per heavy atom. The first-order chi connectivity index (χ1) is 13.3. The van der Waals surface area contributed by atoms with Crippen molar-refractivity contribution in [3.63, 3.8) is 0 Å². The summed E-state index contributed by atoms with van der Waals surface area (Å²) in [5.74, 6) is -0.410. The van der Waals surface area contributed by atoms with Crippen molar-refractivity contribution >= 4 is 27.5 Å². The van der Waals surface area contributed by atoms with Gasteiger partial charge in [0.05, 0.1) is 17.2 Å². The maximum atomic E-state index is 12.5. The van der Waals surface area contributed by atoms with Gasteiger partial charge >= 0.3 is 6.03 Å². The van der Waals surface area contributed by atoms with E-state index in [4.69, 9.17) is 0 Å². The molecule has 148 valence electrons. The number of sulfone groups is 1. The maximum Gasteiger partial charge on any atom is 0.318 e. The van der Waals surface area contributed by atoms with Crippen molar-refractivity contribution in [1.82, 2.24) is 10.2 Å². The molecular formula is C20H23N3O4S. The highest BCUT2D eigenvalue weighted by atomic mass is 32.2. The molecule has 2 aromatic carbocycles. The summed E-state index contributed by atoms with van der Waals surface area (Å²) in [5, 5.41) is 2.62. The number of fused-ring (bicyclic) bond motifs is 1. The van der Waals surface area contributed by atoms with E-state index < -0.39 is 15.9 Å². The molecule has 7 nitrogen and oxygen atoms in total. The molecule has 0 atom stereocenters. The Bertz CT molecular complexity index is 987. The SMILES string of the molecule is Cc1ccc(S(=O)(=O)CCNC(=O)N2CC(=O)N(C)c3ccccc3C2)cc1. The Balaban J connectivity index is 1.63. The van der Waals surface area contributed by atoms with Gasteiger partial charge in [-0.25, -0.2) is 13.2 Å². The number of carbonyl (C=O) groups is 2. The van der Waals surface area contributed by atoms with E-state index in [1.165, 1.54) is 9.80 Å². The van der Waals surface area contributed by atoms with Crippen molar-refractivity contribution in [3.8, 4) is 0 Å². The molecule has 3 amide bonds. The number of amides is 3. The van der Waals surface area contributed by atoms with Gasteiger partial charge in [-0.15, -0.1) is 0 Å². The zero-order valence-corrected chi connectivity index (χ0v) is 16.7. The highest BCUT2D eigenvalue weighted by Gasteiger charge is 2.26. The van der Waals surface area contributed by atoms with Gasteiger partial charge in [0, 0.05) is 19.3 Å². The second-order valence-electron chi connectivity index (χ2n) is 6.80. The first-order valence-corrected chi connectivity index (χ1v) is 10.6. The maximum absolute atomic E-state index is 12.5. The molecule has 0 bridgehead atoms. The van der Waals surface area contributed by atoms with E-state index in [9.17, 15) is 18.0 Å². The lowest BCUT2D eigenvalue weighted by molar-refractivity contribution is -0.118. The second kappa shape index (κ2) is 8.02. The van der Waals surface area contributed by atoms with Crippen LogP contribution in [0.25, 0.3) is 0 Å². The van der Waals surface area contributed by atoms with Crippen LogP contribution in [0.5, 0.6) is 0 Å². The number of likely N-dealkylation sites (N-methyl/N-ethyl adjacent to an activating group) is 1. The summed E-state index contributed by atoms with van der Waals surface area (Å²) in [5.41, 5.74) is 2.60. The van der Waals surface area contributed by atoms with Crippen molar-refractivity contribution in [2.45, 2.75) is 18.4 Å². The monoisotopic (exact) mass is 401 g/mol. The van der Waals surface area contributed by atoms with Crippen LogP contribution in [-0.2, 0) is 21.2 Å². The minimum Gasteiger partial charge on any atom is -0.337 e. The molecule has 0 radical (unpaired) electrons. The number of benzene rings is 2. The third-order valence-electron chi connectivity index (χ3n) is 4.73. The van der Waals surface area contributed by atoms with E-state index in [2.05, 4.69) is 5.32 Å². The predicted molar refractivity (Wildman–Crippen MR) is 107 cm³/mol. The van der Waals surface area contributed by atoms with E-state index >= 15 is 0 Å². The first-order valence-electron chi connectivity index (χ1n) is 8.94. The van der Waals surface area contributed by atoms with Gasteiger partial charge in [0.25, 0.3) is 0 Å². The second-order valence-corrected chi connectivity index (χ2v) is 8.91. The Kier molecular flexibility index (Phi) is 5.69. The molecule has 1 aliphatic rings. The standard InChI is InChI=1S/C20H23N3O4S/c1-15-7-9-17(10-8-15)28(26,27)12-11-21-20(25)23-13-16-5-3-4-6-18(16)22(2)19(24)14-23/h3-10H,11-14H2,1-2H3,(H,21,25). The highest BCUT2D eigenvalue weighted by Crippen LogP contribution is 2.24. The number of para-hydroxylation sites is 1. The summed E-state index contributed by atoms with van der Waals surface area (Å²) < 4.78 is 24.8. The Morgan fingerprint density at radius 2 is 1.75 bits per heavy atom. The summed E-state index contributed by atoms with van der Waals surface area (Å²) in [7, 11) is -1.81. The summed E-state index contributed by atoms with van der Waals surface area (Å²) in [6, 6.07) is 13.5. The molecule has 0 aromatic heterocycles. The van der Waals surface area contributed by atoms with E-state index in [-0.39, 0.29) is 36.2 Å². The number of nitrogens with zero attached hydrogens (tertiary/aromatic N) is 2. The first kappa shape index (κ1) is 19.9. The van der Waals surface area contributed by atoms with Crippen molar-refractivity contribution in [3.05, 3.63) is 59.7 Å². The zero-order chi connectivity index (χ0) is 20.3. The fraction of sp³-hybridized carbons (Fsp3) is 0.300. The van der Waals surface area contributed by atoms with Crippen LogP contribution in [0.3, 0.4) is 0 Å². The zero-order valence-electron chi connectivity index (χ0n) is 15.9. The van der Waals surface area contributed by atoms with Gasteiger partial charge in [-0.3, -0.25) is 4.79 Å². The molecule has 0 unspecified atom stereocenters. The number of hydrogen-bond donors (Lipinski definition) is 1. The molecule has 28 heavy (non-hydrogen) atoms. The van der Waals surface area contributed by atoms with E-state index in [0.29, 0.717) is 0 Å². The van der Waals surface area contributed by atoms with Gasteiger partial charge < -0.3 is 15.1 Å². The summed E-state index contributed by atoms with van der Waals surface area (Å²) in [4.78, 5) is 28.0. The molecule has 1 N–H and O–H groups in total. The fourth-order valence-electron chi connectivity index (χ4n) is 3.05. The lowest BCUT2D eigenvalue weighted by atomic mass is 10.1. The van der Waals surface area contributed by atoms with Crippen LogP contribution in [0.2, 0.25) is 0 Å². The van der Waals surface area contributed by atoms with E-state index in [0.717, 1.165) is 16.8 Å². The lowest BCUT2D eigenvalue weighted by Gasteiger charge is -2.20. The fourth-order valence-corrected chi connectivity index (χ4v) is 4.21. The molecule has 8 heteroatoms. The molecule has 1 aliphatic heterocycles. The highest BCUT2D eigenvalue weighted by molar-refractivity contribution is 7.91. The summed E-state index contributed by atoms with van der Waals surface area (Å²) in [6.07, 6.45) is 0. The molecular weight excluding hydrogens is 378 g/mol. The topological polar surface area (TPSA) is 86.8 Å². The van der Waals surface area contributed by atoms with Crippen molar-refractivity contribution in [2.24, 2.45) is 0 Å². The van der Waals surface area contributed by atoms with Gasteiger partial charge in [-0.05, 0) is 30.7 Å². The van der Waals surface area contributed by atoms with Crippen LogP contribution in [0.15, 0.2) is 53.4 Å². The lowest BCUT2D eigenvalue weighted by Crippen LogP contribution is -2.44. The number of urea groups is 1. The van der Waals surface area contributed by atoms with Crippen molar-refractivity contribution in [2.75, 3.05) is 30.8 Å². The van der Waals surface area contributed by atoms with Gasteiger partial charge in [-0.2, -0.15) is 0 Å². The molecule has 1 heterocycles. The minimum atomic E-state index is -3.49. The molecule has 0 saturated carbocycles. The van der Waals surface area contributed by atoms with Crippen LogP contribution >= 0.6 is 0 Å². The number of nitrogens with one attached hydrogen (secondary N) is 1. The average Bonchev–Trinajstić information content (AvgIpc) is 2.79. The minimum absolute atomic E-state index is 0.0305. The average molecular weight is 401 g/mol. The molecule has 0 fully saturated rings. The van der Waals surface area contributed by atoms with Gasteiger partial charge in [0.15, 0.2) is 9.84 Å². The Labute approximate surface area is 164 Å². The van der Waals surface area contributed by atoms with E-state index in [1.54, 1.807) is 31.3 Å². The molecule has 2 aromatic rings. The predicted octanol–water partition coefficient (Wildman–Crippen LogP) is 1.96. The molecule has 3 rings (SSSR count). The quantitative estimate of drug-likeness (QED) is 0.848. The third kappa shape index (κ3) is 4.33. The van der Waals surface area contributed by atoms with Gasteiger partial charge in [0.2, 0.25) is 5.91 Å². The molecule has 0 aliphatic carbocycles. The van der Waals surface area contributed by atoms with Crippen LogP contribution in [-0.4, -0.2) is 51.1 Å². The Morgan fingerprint density at radius 3 is 2.46 bits per heavy atom. The Hall–Kier alpha value is -2.87. The van der Waals surface area contributed by atoms with Gasteiger partial charge in [0.1, 0.15) is 6.54 Å². The number of anilines is 1. The molecule has 0 saturated heterocycles. The van der Waals surface area contributed by atoms with Gasteiger partial charge in [-0.1, -0.05) is 35.9 Å². The van der Waals surface area contributed by atoms with Crippen LogP contribution < -0.4 is 10.2 Å². The van der Waals surface area contributed by atoms with Crippen LogP contribution in [0.4, 0.5) is 10.5 Å².